The lowest BCUT2D eigenvalue weighted by molar-refractivity contribution is -0.154. The van der Waals surface area contributed by atoms with Gasteiger partial charge in [-0.25, -0.2) is 9.78 Å². The average molecular weight is 393 g/mol. The predicted molar refractivity (Wildman–Crippen MR) is 94.6 cm³/mol. The Morgan fingerprint density at radius 1 is 1.38 bits per heavy atom. The van der Waals surface area contributed by atoms with Crippen LogP contribution in [0.15, 0.2) is 35.2 Å². The van der Waals surface area contributed by atoms with E-state index in [1.54, 1.807) is 12.1 Å². The van der Waals surface area contributed by atoms with Crippen LogP contribution in [0.5, 0.6) is 0 Å². The fourth-order valence-corrected chi connectivity index (χ4v) is 2.64. The molecule has 0 unspecified atom stereocenters. The Labute approximate surface area is 157 Å². The molecule has 0 aliphatic heterocycles. The molecule has 9 nitrogen and oxygen atoms in total. The first-order valence-corrected chi connectivity index (χ1v) is 8.75. The Kier molecular flexibility index (Phi) is 5.54. The van der Waals surface area contributed by atoms with E-state index in [9.17, 15) is 9.59 Å². The van der Waals surface area contributed by atoms with E-state index in [0.29, 0.717) is 16.7 Å². The molecule has 3 aromatic heterocycles. The highest BCUT2D eigenvalue weighted by molar-refractivity contribution is 7.08. The normalized spacial score (nSPS) is 11.8. The SMILES string of the molecule is C[C@H](OC(=O)Cn1nnc(-c2ccsc2)n1)C(=O)Nc1ccc(Cl)cn1. The molecule has 0 radical (unpaired) electrons. The van der Waals surface area contributed by atoms with Crippen LogP contribution < -0.4 is 5.32 Å². The molecule has 0 saturated heterocycles. The Morgan fingerprint density at radius 3 is 2.92 bits per heavy atom. The van der Waals surface area contributed by atoms with Gasteiger partial charge in [0.2, 0.25) is 5.82 Å². The largest absolute Gasteiger partial charge is 0.451 e. The number of nitrogens with one attached hydrogen (secondary N) is 1. The summed E-state index contributed by atoms with van der Waals surface area (Å²) in [6, 6.07) is 4.98. The van der Waals surface area contributed by atoms with Crippen LogP contribution in [-0.4, -0.2) is 43.2 Å². The van der Waals surface area contributed by atoms with Crippen molar-refractivity contribution in [3.8, 4) is 11.4 Å². The first-order chi connectivity index (χ1) is 12.5. The average Bonchev–Trinajstić information content (AvgIpc) is 3.28. The molecule has 0 saturated carbocycles. The second-order valence-corrected chi connectivity index (χ2v) is 6.35. The molecule has 3 rings (SSSR count). The van der Waals surface area contributed by atoms with E-state index in [1.807, 2.05) is 16.8 Å². The number of nitrogens with zero attached hydrogens (tertiary/aromatic N) is 5. The van der Waals surface area contributed by atoms with Crippen molar-refractivity contribution >= 4 is 40.6 Å². The van der Waals surface area contributed by atoms with Gasteiger partial charge < -0.3 is 10.1 Å². The number of carbonyl (C=O) groups excluding carboxylic acids is 2. The molecular weight excluding hydrogens is 380 g/mol. The maximum atomic E-state index is 12.0. The molecule has 3 aromatic rings. The third kappa shape index (κ3) is 4.61. The van der Waals surface area contributed by atoms with Gasteiger partial charge in [-0.05, 0) is 35.7 Å². The minimum absolute atomic E-state index is 0.256. The maximum absolute atomic E-state index is 12.0. The fraction of sp³-hybridized carbons (Fsp3) is 0.200. The zero-order valence-electron chi connectivity index (χ0n) is 13.5. The van der Waals surface area contributed by atoms with Crippen molar-refractivity contribution < 1.29 is 14.3 Å². The number of amides is 1. The third-order valence-corrected chi connectivity index (χ3v) is 4.07. The molecule has 11 heteroatoms. The molecule has 1 amide bonds. The smallest absolute Gasteiger partial charge is 0.330 e. The lowest BCUT2D eigenvalue weighted by atomic mass is 10.3. The number of carbonyl (C=O) groups is 2. The molecule has 134 valence electrons. The number of ether oxygens (including phenoxy) is 1. The summed E-state index contributed by atoms with van der Waals surface area (Å²) in [5.74, 6) is -0.455. The Balaban J connectivity index is 1.52. The highest BCUT2D eigenvalue weighted by Crippen LogP contribution is 2.16. The quantitative estimate of drug-likeness (QED) is 0.638. The molecular formula is C15H13ClN6O3S. The summed E-state index contributed by atoms with van der Waals surface area (Å²) in [6.45, 7) is 1.20. The second-order valence-electron chi connectivity index (χ2n) is 5.14. The van der Waals surface area contributed by atoms with Crippen LogP contribution in [0.4, 0.5) is 5.82 Å². The minimum Gasteiger partial charge on any atom is -0.451 e. The third-order valence-electron chi connectivity index (χ3n) is 3.16. The molecule has 0 spiro atoms. The summed E-state index contributed by atoms with van der Waals surface area (Å²) in [5, 5.41) is 18.5. The summed E-state index contributed by atoms with van der Waals surface area (Å²) in [6.07, 6.45) is 0.384. The fourth-order valence-electron chi connectivity index (χ4n) is 1.90. The van der Waals surface area contributed by atoms with E-state index in [1.165, 1.54) is 24.5 Å². The summed E-state index contributed by atoms with van der Waals surface area (Å²) in [7, 11) is 0. The first-order valence-electron chi connectivity index (χ1n) is 7.43. The van der Waals surface area contributed by atoms with Crippen molar-refractivity contribution in [2.24, 2.45) is 0 Å². The van der Waals surface area contributed by atoms with E-state index < -0.39 is 18.0 Å². The molecule has 1 atom stereocenters. The number of rotatable bonds is 6. The molecule has 0 fully saturated rings. The second kappa shape index (κ2) is 8.02. The van der Waals surface area contributed by atoms with Gasteiger partial charge >= 0.3 is 5.97 Å². The van der Waals surface area contributed by atoms with Gasteiger partial charge in [-0.3, -0.25) is 4.79 Å². The molecule has 26 heavy (non-hydrogen) atoms. The van der Waals surface area contributed by atoms with Crippen molar-refractivity contribution in [2.75, 3.05) is 5.32 Å². The number of anilines is 1. The Morgan fingerprint density at radius 2 is 2.23 bits per heavy atom. The van der Waals surface area contributed by atoms with E-state index in [2.05, 4.69) is 25.7 Å². The van der Waals surface area contributed by atoms with Gasteiger partial charge in [-0.2, -0.15) is 16.1 Å². The number of halogens is 1. The van der Waals surface area contributed by atoms with Gasteiger partial charge in [0.1, 0.15) is 5.82 Å². The molecule has 0 bridgehead atoms. The van der Waals surface area contributed by atoms with Crippen LogP contribution in [0, 0.1) is 0 Å². The zero-order valence-corrected chi connectivity index (χ0v) is 15.1. The number of tetrazole rings is 1. The van der Waals surface area contributed by atoms with Gasteiger partial charge in [0.15, 0.2) is 12.6 Å². The first kappa shape index (κ1) is 18.0. The summed E-state index contributed by atoms with van der Waals surface area (Å²) < 4.78 is 5.08. The van der Waals surface area contributed by atoms with Crippen molar-refractivity contribution in [1.29, 1.82) is 0 Å². The topological polar surface area (TPSA) is 112 Å². The van der Waals surface area contributed by atoms with Crippen LogP contribution >= 0.6 is 22.9 Å². The summed E-state index contributed by atoms with van der Waals surface area (Å²) in [4.78, 5) is 29.0. The molecule has 1 N–H and O–H groups in total. The standard InChI is InChI=1S/C15H13ClN6O3S/c1-9(15(24)18-12-3-2-11(16)6-17-12)25-13(23)7-22-20-14(19-21-22)10-4-5-26-8-10/h2-6,8-9H,7H2,1H3,(H,17,18,24)/t9-/m0/s1. The van der Waals surface area contributed by atoms with Gasteiger partial charge in [0, 0.05) is 17.1 Å². The predicted octanol–water partition coefficient (Wildman–Crippen LogP) is 2.02. The van der Waals surface area contributed by atoms with Crippen molar-refractivity contribution in [3.05, 3.63) is 40.2 Å². The number of esters is 1. The van der Waals surface area contributed by atoms with Crippen LogP contribution in [-0.2, 0) is 20.9 Å². The highest BCUT2D eigenvalue weighted by Gasteiger charge is 2.19. The summed E-state index contributed by atoms with van der Waals surface area (Å²) >= 11 is 7.23. The summed E-state index contributed by atoms with van der Waals surface area (Å²) in [5.41, 5.74) is 0.817. The van der Waals surface area contributed by atoms with Crippen LogP contribution in [0.25, 0.3) is 11.4 Å². The van der Waals surface area contributed by atoms with Crippen molar-refractivity contribution in [2.45, 2.75) is 19.6 Å². The van der Waals surface area contributed by atoms with Crippen molar-refractivity contribution in [3.63, 3.8) is 0 Å². The van der Waals surface area contributed by atoms with Gasteiger partial charge in [0.25, 0.3) is 5.91 Å². The molecule has 0 aliphatic rings. The van der Waals surface area contributed by atoms with Crippen LogP contribution in [0.2, 0.25) is 5.02 Å². The molecule has 0 aliphatic carbocycles. The van der Waals surface area contributed by atoms with Gasteiger partial charge in [-0.1, -0.05) is 11.6 Å². The minimum atomic E-state index is -1.01. The van der Waals surface area contributed by atoms with Crippen molar-refractivity contribution in [1.82, 2.24) is 25.2 Å². The lowest BCUT2D eigenvalue weighted by Gasteiger charge is -2.12. The van der Waals surface area contributed by atoms with Gasteiger partial charge in [0.05, 0.1) is 5.02 Å². The number of thiophene rings is 1. The zero-order chi connectivity index (χ0) is 18.5. The van der Waals surface area contributed by atoms with Crippen LogP contribution in [0.1, 0.15) is 6.92 Å². The highest BCUT2D eigenvalue weighted by atomic mass is 35.5. The number of pyridine rings is 1. The number of hydrogen-bond acceptors (Lipinski definition) is 8. The van der Waals surface area contributed by atoms with E-state index in [-0.39, 0.29) is 6.54 Å². The van der Waals surface area contributed by atoms with Crippen LogP contribution in [0.3, 0.4) is 0 Å². The monoisotopic (exact) mass is 392 g/mol. The Hall–Kier alpha value is -2.85. The molecule has 3 heterocycles. The van der Waals surface area contributed by atoms with E-state index >= 15 is 0 Å². The van der Waals surface area contributed by atoms with E-state index in [0.717, 1.165) is 10.4 Å². The Bertz CT molecular complexity index is 897. The maximum Gasteiger partial charge on any atom is 0.330 e. The molecule has 0 aromatic carbocycles. The lowest BCUT2D eigenvalue weighted by Crippen LogP contribution is -2.31. The van der Waals surface area contributed by atoms with E-state index in [4.69, 9.17) is 16.3 Å². The number of aromatic nitrogens is 5. The van der Waals surface area contributed by atoms with Gasteiger partial charge in [-0.15, -0.1) is 10.2 Å². The number of hydrogen-bond donors (Lipinski definition) is 1.